The second-order valence-electron chi connectivity index (χ2n) is 6.90. The molecule has 0 amide bonds. The molecule has 0 saturated carbocycles. The highest BCUT2D eigenvalue weighted by Gasteiger charge is 2.52. The van der Waals surface area contributed by atoms with E-state index in [1.165, 1.54) is 6.92 Å². The predicted molar refractivity (Wildman–Crippen MR) is 85.0 cm³/mol. The van der Waals surface area contributed by atoms with E-state index in [0.717, 1.165) is 7.11 Å². The summed E-state index contributed by atoms with van der Waals surface area (Å²) >= 11 is 0. The lowest BCUT2D eigenvalue weighted by Gasteiger charge is -2.47. The molecule has 17 nitrogen and oxygen atoms in total. The zero-order valence-electron chi connectivity index (χ0n) is 16.7. The van der Waals surface area contributed by atoms with Crippen molar-refractivity contribution in [2.75, 3.05) is 20.3 Å². The fourth-order valence-electron chi connectivity index (χ4n) is 3.41. The van der Waals surface area contributed by atoms with E-state index in [2.05, 4.69) is 24.0 Å². The first-order valence-electron chi connectivity index (χ1n) is 9.04. The molecule has 2 rings (SSSR count). The number of hydrogen-bond acceptors (Lipinski definition) is 17. The van der Waals surface area contributed by atoms with Gasteiger partial charge in [0.1, 0.15) is 36.6 Å². The third kappa shape index (κ3) is 6.70. The highest BCUT2D eigenvalue weighted by molar-refractivity contribution is 7.80. The Bertz CT molecular complexity index is 660. The molecule has 2 aliphatic heterocycles. The predicted octanol–water partition coefficient (Wildman–Crippen LogP) is -5.52. The van der Waals surface area contributed by atoms with Crippen molar-refractivity contribution in [1.82, 2.24) is 0 Å². The molecular formula is C14H23O17S-3. The molecular weight excluding hydrogens is 472 g/mol. The first-order chi connectivity index (χ1) is 15.1. The molecule has 18 heteroatoms. The van der Waals surface area contributed by atoms with Gasteiger partial charge in [-0.15, -0.1) is 0 Å². The van der Waals surface area contributed by atoms with E-state index < -0.39 is 84.8 Å². The lowest BCUT2D eigenvalue weighted by Crippen LogP contribution is -2.64. The first-order valence-corrected chi connectivity index (χ1v) is 10.4. The molecule has 0 aromatic heterocycles. The van der Waals surface area contributed by atoms with Crippen molar-refractivity contribution in [3.8, 4) is 0 Å². The van der Waals surface area contributed by atoms with Crippen LogP contribution in [-0.4, -0.2) is 104 Å². The number of rotatable bonds is 11. The van der Waals surface area contributed by atoms with Crippen LogP contribution in [0.2, 0.25) is 0 Å². The molecule has 10 atom stereocenters. The minimum Gasteiger partial charge on any atom is -0.726 e. The molecule has 190 valence electrons. The van der Waals surface area contributed by atoms with Crippen molar-refractivity contribution in [2.45, 2.75) is 62.2 Å². The third-order valence-corrected chi connectivity index (χ3v) is 5.43. The highest BCUT2D eigenvalue weighted by atomic mass is 32.3. The van der Waals surface area contributed by atoms with Gasteiger partial charge in [0.25, 0.3) is 0 Å². The maximum atomic E-state index is 10.8. The Hall–Kier alpha value is -0.650. The smallest absolute Gasteiger partial charge is 0.217 e. The minimum atomic E-state index is -5.18. The fourth-order valence-corrected chi connectivity index (χ4v) is 3.71. The molecule has 0 aliphatic carbocycles. The van der Waals surface area contributed by atoms with Crippen LogP contribution < -0.4 is 10.5 Å². The van der Waals surface area contributed by atoms with Crippen LogP contribution in [0, 0.1) is 5.92 Å². The van der Waals surface area contributed by atoms with Gasteiger partial charge in [-0.2, -0.15) is 0 Å². The van der Waals surface area contributed by atoms with Crippen LogP contribution in [0.4, 0.5) is 0 Å². The van der Waals surface area contributed by atoms with E-state index in [-0.39, 0.29) is 0 Å². The van der Waals surface area contributed by atoms with Gasteiger partial charge in [0.2, 0.25) is 10.4 Å². The van der Waals surface area contributed by atoms with Crippen LogP contribution in [0.5, 0.6) is 0 Å². The van der Waals surface area contributed by atoms with Crippen LogP contribution in [0.25, 0.3) is 0 Å². The van der Waals surface area contributed by atoms with E-state index in [9.17, 15) is 38.8 Å². The van der Waals surface area contributed by atoms with Crippen molar-refractivity contribution in [1.29, 1.82) is 0 Å². The van der Waals surface area contributed by atoms with Gasteiger partial charge < -0.3 is 49.3 Å². The van der Waals surface area contributed by atoms with Gasteiger partial charge in [0.15, 0.2) is 18.7 Å². The summed E-state index contributed by atoms with van der Waals surface area (Å²) in [5, 5.41) is 58.0. The molecule has 0 aromatic rings. The fraction of sp³-hybridized carbons (Fsp3) is 1.00. The van der Waals surface area contributed by atoms with Crippen molar-refractivity contribution >= 4 is 10.4 Å². The van der Waals surface area contributed by atoms with Gasteiger partial charge in [0, 0.05) is 13.0 Å². The Morgan fingerprint density at radius 1 is 0.938 bits per heavy atom. The summed E-state index contributed by atoms with van der Waals surface area (Å²) in [7, 11) is -4.08. The van der Waals surface area contributed by atoms with Crippen LogP contribution in [0.1, 0.15) is 6.92 Å². The number of aliphatic hydroxyl groups excluding tert-OH is 3. The van der Waals surface area contributed by atoms with E-state index in [0.29, 0.717) is 0 Å². The van der Waals surface area contributed by atoms with Crippen molar-refractivity contribution in [2.24, 2.45) is 5.92 Å². The van der Waals surface area contributed by atoms with Crippen LogP contribution in [0.15, 0.2) is 0 Å². The molecule has 2 fully saturated rings. The highest BCUT2D eigenvalue weighted by Crippen LogP contribution is 2.33. The molecule has 2 aliphatic rings. The van der Waals surface area contributed by atoms with E-state index in [1.807, 2.05) is 0 Å². The van der Waals surface area contributed by atoms with Gasteiger partial charge in [-0.3, -0.25) is 14.3 Å². The van der Waals surface area contributed by atoms with Gasteiger partial charge in [-0.05, 0) is 0 Å². The van der Waals surface area contributed by atoms with E-state index in [4.69, 9.17) is 18.9 Å². The largest absolute Gasteiger partial charge is 0.726 e. The minimum absolute atomic E-state index is 0.697. The second-order valence-corrected chi connectivity index (χ2v) is 7.95. The normalized spacial score (nSPS) is 41.0. The molecule has 0 spiro atoms. The summed E-state index contributed by atoms with van der Waals surface area (Å²) in [5.41, 5.74) is 0. The van der Waals surface area contributed by atoms with Crippen LogP contribution >= 0.6 is 0 Å². The quantitative estimate of drug-likeness (QED) is 0.105. The average Bonchev–Trinajstić information content (AvgIpc) is 2.74. The lowest BCUT2D eigenvalue weighted by atomic mass is 9.90. The molecule has 3 N–H and O–H groups in total. The topological polar surface area (TPSA) is 247 Å². The van der Waals surface area contributed by atoms with E-state index >= 15 is 0 Å². The van der Waals surface area contributed by atoms with Crippen LogP contribution in [0.3, 0.4) is 0 Å². The third-order valence-electron chi connectivity index (χ3n) is 5.01. The molecule has 4 unspecified atom stereocenters. The average molecular weight is 495 g/mol. The number of aliphatic hydroxyl groups is 3. The Balaban J connectivity index is 2.25. The van der Waals surface area contributed by atoms with Gasteiger partial charge in [0.05, 0.1) is 13.2 Å². The Morgan fingerprint density at radius 2 is 1.53 bits per heavy atom. The summed E-state index contributed by atoms with van der Waals surface area (Å²) in [5.74, 6) is -0.915. The molecule has 2 heterocycles. The monoisotopic (exact) mass is 495 g/mol. The molecule has 0 radical (unpaired) electrons. The van der Waals surface area contributed by atoms with Crippen molar-refractivity contribution in [3.05, 3.63) is 0 Å². The summed E-state index contributed by atoms with van der Waals surface area (Å²) < 4.78 is 57.8. The maximum Gasteiger partial charge on any atom is 0.217 e. The van der Waals surface area contributed by atoms with Crippen molar-refractivity contribution < 1.29 is 81.8 Å². The molecule has 0 bridgehead atoms. The standard InChI is InChI=1S/C14H26O17S/c1-5-8(16)13(25-6(3-15)10(5)28-30-18)27-11-7(4-24-32(20,21)22)26-14(23-2)12(9(11)17)29-31-19/h5-19H,3-4H2,1-2H3,(H,20,21,22)/p-3/t5-,6?,7?,8?,9+,10-,11+,12?,13+,14+/m1/s1. The molecule has 32 heavy (non-hydrogen) atoms. The maximum absolute atomic E-state index is 10.8. The second kappa shape index (κ2) is 12.2. The van der Waals surface area contributed by atoms with Gasteiger partial charge in [-0.25, -0.2) is 18.2 Å². The summed E-state index contributed by atoms with van der Waals surface area (Å²) in [6, 6.07) is 0. The van der Waals surface area contributed by atoms with Crippen LogP contribution in [-0.2, 0) is 53.4 Å². The summed E-state index contributed by atoms with van der Waals surface area (Å²) in [6.45, 7) is -0.250. The van der Waals surface area contributed by atoms with Gasteiger partial charge >= 0.3 is 0 Å². The summed E-state index contributed by atoms with van der Waals surface area (Å²) in [4.78, 5) is 8.84. The zero-order chi connectivity index (χ0) is 24.1. The Labute approximate surface area is 181 Å². The lowest BCUT2D eigenvalue weighted by molar-refractivity contribution is -0.809. The molecule has 2 saturated heterocycles. The van der Waals surface area contributed by atoms with Crippen molar-refractivity contribution in [3.63, 3.8) is 0 Å². The SMILES string of the molecule is CO[C@H]1OC(COS(=O)(=O)[O-])[C@H](O[C@@H]2OC(CO)[C@H](OO[O-])[C@H](C)C2O)[C@H](O)C1OO[O-]. The Kier molecular flexibility index (Phi) is 10.5. The summed E-state index contributed by atoms with van der Waals surface area (Å²) in [6.07, 6.45) is -13.7. The first kappa shape index (κ1) is 27.6. The number of ether oxygens (including phenoxy) is 4. The molecule has 0 aromatic carbocycles. The van der Waals surface area contributed by atoms with Gasteiger partial charge in [-0.1, -0.05) is 6.92 Å². The Morgan fingerprint density at radius 3 is 2.06 bits per heavy atom. The van der Waals surface area contributed by atoms with E-state index in [1.54, 1.807) is 0 Å². The number of methoxy groups -OCH3 is 1. The number of hydrogen-bond donors (Lipinski definition) is 3. The zero-order valence-corrected chi connectivity index (χ0v) is 17.5.